The molecule has 0 spiro atoms. The van der Waals surface area contributed by atoms with E-state index >= 15 is 0 Å². The summed E-state index contributed by atoms with van der Waals surface area (Å²) in [5, 5.41) is 4.57. The number of nitrogens with two attached hydrogens (primary N) is 1. The van der Waals surface area contributed by atoms with E-state index in [2.05, 4.69) is 22.7 Å². The number of hydrogen-bond acceptors (Lipinski definition) is 4. The van der Waals surface area contributed by atoms with Gasteiger partial charge < -0.3 is 15.0 Å². The van der Waals surface area contributed by atoms with Crippen molar-refractivity contribution in [3.05, 3.63) is 33.9 Å². The number of aromatic nitrogens is 3. The standard InChI is InChI=1S/C16H24N4O2/c1-2-19-13(4-3-7-17)10-16(21)20-15(19)11-14(18-20)12-5-8-22-9-6-12/h10-12H,2-9,17H2,1H3. The van der Waals surface area contributed by atoms with Crippen LogP contribution in [0.2, 0.25) is 0 Å². The maximum Gasteiger partial charge on any atom is 0.274 e. The molecule has 6 heteroatoms. The van der Waals surface area contributed by atoms with Crippen LogP contribution in [0.3, 0.4) is 0 Å². The van der Waals surface area contributed by atoms with Gasteiger partial charge in [-0.05, 0) is 39.2 Å². The second-order valence-electron chi connectivity index (χ2n) is 5.84. The van der Waals surface area contributed by atoms with Crippen LogP contribution in [0.4, 0.5) is 0 Å². The second kappa shape index (κ2) is 6.62. The molecule has 0 aromatic carbocycles. The Kier molecular flexibility index (Phi) is 4.59. The van der Waals surface area contributed by atoms with Crippen molar-refractivity contribution in [2.45, 2.75) is 45.1 Å². The highest BCUT2D eigenvalue weighted by Crippen LogP contribution is 2.26. The third-order valence-corrected chi connectivity index (χ3v) is 4.42. The smallest absolute Gasteiger partial charge is 0.274 e. The Hall–Kier alpha value is -1.66. The number of rotatable bonds is 5. The van der Waals surface area contributed by atoms with E-state index in [0.717, 1.165) is 62.5 Å². The molecule has 6 nitrogen and oxygen atoms in total. The van der Waals surface area contributed by atoms with Crippen molar-refractivity contribution in [1.82, 2.24) is 14.2 Å². The maximum atomic E-state index is 12.4. The topological polar surface area (TPSA) is 74.5 Å². The monoisotopic (exact) mass is 304 g/mol. The van der Waals surface area contributed by atoms with Gasteiger partial charge in [0.1, 0.15) is 5.65 Å². The summed E-state index contributed by atoms with van der Waals surface area (Å²) in [5.41, 5.74) is 8.50. The third kappa shape index (κ3) is 2.80. The van der Waals surface area contributed by atoms with Crippen molar-refractivity contribution in [2.24, 2.45) is 5.73 Å². The lowest BCUT2D eigenvalue weighted by atomic mass is 9.97. The molecule has 0 atom stereocenters. The molecule has 3 heterocycles. The fourth-order valence-corrected chi connectivity index (χ4v) is 3.22. The number of nitrogens with zero attached hydrogens (tertiary/aromatic N) is 3. The van der Waals surface area contributed by atoms with Gasteiger partial charge in [-0.1, -0.05) is 0 Å². The van der Waals surface area contributed by atoms with E-state index in [1.807, 2.05) is 0 Å². The molecule has 1 aliphatic rings. The first-order chi connectivity index (χ1) is 10.7. The van der Waals surface area contributed by atoms with E-state index in [1.165, 1.54) is 0 Å². The van der Waals surface area contributed by atoms with Crippen molar-refractivity contribution >= 4 is 5.65 Å². The molecule has 2 N–H and O–H groups in total. The zero-order valence-corrected chi connectivity index (χ0v) is 13.1. The average Bonchev–Trinajstić information content (AvgIpc) is 2.99. The van der Waals surface area contributed by atoms with Gasteiger partial charge in [0.05, 0.1) is 5.69 Å². The molecule has 120 valence electrons. The highest BCUT2D eigenvalue weighted by atomic mass is 16.5. The predicted molar refractivity (Wildman–Crippen MR) is 85.3 cm³/mol. The fraction of sp³-hybridized carbons (Fsp3) is 0.625. The van der Waals surface area contributed by atoms with Crippen molar-refractivity contribution in [2.75, 3.05) is 19.8 Å². The quantitative estimate of drug-likeness (QED) is 0.903. The van der Waals surface area contributed by atoms with Gasteiger partial charge in [0.25, 0.3) is 5.56 Å². The minimum atomic E-state index is -0.0509. The van der Waals surface area contributed by atoms with Crippen LogP contribution in [0.1, 0.15) is 43.5 Å². The summed E-state index contributed by atoms with van der Waals surface area (Å²) >= 11 is 0. The average molecular weight is 304 g/mol. The van der Waals surface area contributed by atoms with Crippen molar-refractivity contribution in [1.29, 1.82) is 0 Å². The molecule has 0 amide bonds. The Morgan fingerprint density at radius 3 is 2.82 bits per heavy atom. The zero-order valence-electron chi connectivity index (χ0n) is 13.1. The van der Waals surface area contributed by atoms with Gasteiger partial charge in [-0.3, -0.25) is 4.79 Å². The second-order valence-corrected chi connectivity index (χ2v) is 5.84. The summed E-state index contributed by atoms with van der Waals surface area (Å²) in [6.07, 6.45) is 3.67. The molecular formula is C16H24N4O2. The molecule has 0 radical (unpaired) electrons. The van der Waals surface area contributed by atoms with Crippen molar-refractivity contribution in [3.8, 4) is 0 Å². The van der Waals surface area contributed by atoms with Crippen LogP contribution in [0.15, 0.2) is 16.9 Å². The first-order valence-electron chi connectivity index (χ1n) is 8.14. The predicted octanol–water partition coefficient (Wildman–Crippen LogP) is 1.30. The number of ether oxygens (including phenoxy) is 1. The lowest BCUT2D eigenvalue weighted by molar-refractivity contribution is 0.0844. The Labute approximate surface area is 129 Å². The Bertz CT molecular complexity index is 698. The summed E-state index contributed by atoms with van der Waals surface area (Å²) in [4.78, 5) is 12.4. The third-order valence-electron chi connectivity index (χ3n) is 4.42. The molecule has 0 saturated carbocycles. The summed E-state index contributed by atoms with van der Waals surface area (Å²) < 4.78 is 9.13. The Morgan fingerprint density at radius 2 is 2.14 bits per heavy atom. The van der Waals surface area contributed by atoms with Crippen LogP contribution in [0.25, 0.3) is 5.65 Å². The summed E-state index contributed by atoms with van der Waals surface area (Å²) in [5.74, 6) is 0.394. The SMILES string of the molecule is CCn1c(CCCN)cc(=O)n2nc(C3CCOCC3)cc12. The van der Waals surface area contributed by atoms with E-state index < -0.39 is 0 Å². The highest BCUT2D eigenvalue weighted by Gasteiger charge is 2.20. The lowest BCUT2D eigenvalue weighted by Gasteiger charge is -2.19. The van der Waals surface area contributed by atoms with Crippen LogP contribution >= 0.6 is 0 Å². The van der Waals surface area contributed by atoms with Gasteiger partial charge in [0.15, 0.2) is 0 Å². The number of hydrogen-bond donors (Lipinski definition) is 1. The molecule has 1 aliphatic heterocycles. The Balaban J connectivity index is 2.05. The summed E-state index contributed by atoms with van der Waals surface area (Å²) in [6, 6.07) is 3.78. The minimum Gasteiger partial charge on any atom is -0.381 e. The zero-order chi connectivity index (χ0) is 15.5. The molecule has 2 aromatic rings. The minimum absolute atomic E-state index is 0.0509. The molecule has 0 unspecified atom stereocenters. The first kappa shape index (κ1) is 15.2. The Morgan fingerprint density at radius 1 is 1.36 bits per heavy atom. The number of fused-ring (bicyclic) bond motifs is 1. The molecular weight excluding hydrogens is 280 g/mol. The molecule has 0 bridgehead atoms. The highest BCUT2D eigenvalue weighted by molar-refractivity contribution is 5.43. The van der Waals surface area contributed by atoms with Gasteiger partial charge in [-0.2, -0.15) is 9.61 Å². The fourth-order valence-electron chi connectivity index (χ4n) is 3.22. The molecule has 2 aromatic heterocycles. The first-order valence-corrected chi connectivity index (χ1v) is 8.14. The van der Waals surface area contributed by atoms with Gasteiger partial charge in [0.2, 0.25) is 0 Å². The van der Waals surface area contributed by atoms with Gasteiger partial charge >= 0.3 is 0 Å². The summed E-state index contributed by atoms with van der Waals surface area (Å²) in [6.45, 7) is 5.10. The van der Waals surface area contributed by atoms with Gasteiger partial charge in [-0.15, -0.1) is 0 Å². The summed E-state index contributed by atoms with van der Waals surface area (Å²) in [7, 11) is 0. The van der Waals surface area contributed by atoms with Crippen LogP contribution in [0, 0.1) is 0 Å². The molecule has 22 heavy (non-hydrogen) atoms. The van der Waals surface area contributed by atoms with E-state index in [4.69, 9.17) is 10.5 Å². The molecule has 1 saturated heterocycles. The van der Waals surface area contributed by atoms with Crippen molar-refractivity contribution in [3.63, 3.8) is 0 Å². The largest absolute Gasteiger partial charge is 0.381 e. The lowest BCUT2D eigenvalue weighted by Crippen LogP contribution is -2.21. The van der Waals surface area contributed by atoms with Gasteiger partial charge in [-0.25, -0.2) is 0 Å². The molecule has 0 aliphatic carbocycles. The van der Waals surface area contributed by atoms with Crippen molar-refractivity contribution < 1.29 is 4.74 Å². The normalized spacial score (nSPS) is 16.5. The van der Waals surface area contributed by atoms with Crippen LogP contribution in [-0.4, -0.2) is 33.9 Å². The maximum absolute atomic E-state index is 12.4. The van der Waals surface area contributed by atoms with Gasteiger partial charge in [0, 0.05) is 43.5 Å². The van der Waals surface area contributed by atoms with Crippen LogP contribution < -0.4 is 11.3 Å². The molecule has 1 fully saturated rings. The van der Waals surface area contributed by atoms with E-state index in [-0.39, 0.29) is 5.56 Å². The van der Waals surface area contributed by atoms with E-state index in [9.17, 15) is 4.79 Å². The van der Waals surface area contributed by atoms with E-state index in [1.54, 1.807) is 10.6 Å². The van der Waals surface area contributed by atoms with Crippen LogP contribution in [-0.2, 0) is 17.7 Å². The van der Waals surface area contributed by atoms with E-state index in [0.29, 0.717) is 12.5 Å². The number of aryl methyl sites for hydroxylation is 2. The molecule has 3 rings (SSSR count). The van der Waals surface area contributed by atoms with Crippen LogP contribution in [0.5, 0.6) is 0 Å².